The summed E-state index contributed by atoms with van der Waals surface area (Å²) in [5, 5.41) is 11.6. The molecule has 0 saturated carbocycles. The number of hydrogen-bond donors (Lipinski definition) is 2. The number of aliphatic hydroxyl groups excluding tert-OH is 1. The molecule has 0 radical (unpaired) electrons. The van der Waals surface area contributed by atoms with Crippen LogP contribution in [0.1, 0.15) is 42.6 Å². The van der Waals surface area contributed by atoms with Crippen molar-refractivity contribution in [2.24, 2.45) is 5.41 Å². The quantitative estimate of drug-likeness (QED) is 0.832. The first-order valence-electron chi connectivity index (χ1n) is 6.51. The third-order valence-electron chi connectivity index (χ3n) is 3.11. The van der Waals surface area contributed by atoms with Crippen LogP contribution >= 0.6 is 0 Å². The maximum Gasteiger partial charge on any atom is 0.254 e. The number of amides is 1. The first-order valence-corrected chi connectivity index (χ1v) is 6.51. The van der Waals surface area contributed by atoms with Gasteiger partial charge in [-0.05, 0) is 42.9 Å². The summed E-state index contributed by atoms with van der Waals surface area (Å²) in [6.07, 6.45) is 1.50. The fourth-order valence-corrected chi connectivity index (χ4v) is 1.87. The normalized spacial score (nSPS) is 11.4. The summed E-state index contributed by atoms with van der Waals surface area (Å²) in [6, 6.07) is 4.57. The van der Waals surface area contributed by atoms with Gasteiger partial charge in [0.15, 0.2) is 0 Å². The van der Waals surface area contributed by atoms with Crippen LogP contribution in [0.25, 0.3) is 0 Å². The Morgan fingerprint density at radius 3 is 2.68 bits per heavy atom. The molecule has 0 bridgehead atoms. The Bertz CT molecular complexity index is 444. The highest BCUT2D eigenvalue weighted by Crippen LogP contribution is 2.21. The highest BCUT2D eigenvalue weighted by Gasteiger charge is 2.19. The molecule has 19 heavy (non-hydrogen) atoms. The zero-order chi connectivity index (χ0) is 14.5. The van der Waals surface area contributed by atoms with Crippen molar-refractivity contribution in [3.63, 3.8) is 0 Å². The smallest absolute Gasteiger partial charge is 0.254 e. The van der Waals surface area contributed by atoms with Crippen LogP contribution in [0.15, 0.2) is 18.2 Å². The van der Waals surface area contributed by atoms with Crippen LogP contribution in [0.3, 0.4) is 0 Å². The van der Waals surface area contributed by atoms with Gasteiger partial charge in [-0.1, -0.05) is 19.9 Å². The summed E-state index contributed by atoms with van der Waals surface area (Å²) in [7, 11) is 0. The van der Waals surface area contributed by atoms with Gasteiger partial charge in [0.1, 0.15) is 5.82 Å². The van der Waals surface area contributed by atoms with Crippen molar-refractivity contribution in [1.29, 1.82) is 0 Å². The number of hydrogen-bond acceptors (Lipinski definition) is 2. The number of aryl methyl sites for hydroxylation is 1. The van der Waals surface area contributed by atoms with E-state index in [-0.39, 0.29) is 17.6 Å². The Hall–Kier alpha value is -1.42. The highest BCUT2D eigenvalue weighted by molar-refractivity contribution is 5.94. The summed E-state index contributed by atoms with van der Waals surface area (Å²) in [5.41, 5.74) is 0.750. The average Bonchev–Trinajstić information content (AvgIpc) is 2.34. The molecule has 0 aliphatic heterocycles. The predicted molar refractivity (Wildman–Crippen MR) is 73.6 cm³/mol. The highest BCUT2D eigenvalue weighted by atomic mass is 19.1. The van der Waals surface area contributed by atoms with E-state index in [4.69, 9.17) is 5.11 Å². The van der Waals surface area contributed by atoms with Crippen LogP contribution in [0.4, 0.5) is 4.39 Å². The van der Waals surface area contributed by atoms with Gasteiger partial charge in [0.05, 0.1) is 5.56 Å². The molecule has 0 aliphatic carbocycles. The zero-order valence-electron chi connectivity index (χ0n) is 11.8. The topological polar surface area (TPSA) is 49.3 Å². The van der Waals surface area contributed by atoms with E-state index in [1.807, 2.05) is 13.8 Å². The second-order valence-corrected chi connectivity index (χ2v) is 5.66. The first-order chi connectivity index (χ1) is 8.85. The first kappa shape index (κ1) is 15.6. The minimum atomic E-state index is -0.495. The lowest BCUT2D eigenvalue weighted by Gasteiger charge is -2.24. The molecular weight excluding hydrogens is 245 g/mol. The molecule has 1 rings (SSSR count). The molecule has 0 spiro atoms. The van der Waals surface area contributed by atoms with Crippen molar-refractivity contribution in [1.82, 2.24) is 5.32 Å². The largest absolute Gasteiger partial charge is 0.396 e. The second kappa shape index (κ2) is 6.66. The second-order valence-electron chi connectivity index (χ2n) is 5.66. The number of nitrogens with one attached hydrogen (secondary N) is 1. The molecule has 2 N–H and O–H groups in total. The van der Waals surface area contributed by atoms with Gasteiger partial charge in [0, 0.05) is 13.2 Å². The summed E-state index contributed by atoms with van der Waals surface area (Å²) in [5.74, 6) is -0.889. The Labute approximate surface area is 113 Å². The van der Waals surface area contributed by atoms with E-state index in [2.05, 4.69) is 5.32 Å². The van der Waals surface area contributed by atoms with E-state index in [0.717, 1.165) is 12.0 Å². The molecule has 3 nitrogen and oxygen atoms in total. The molecule has 1 aromatic rings. The molecule has 106 valence electrons. The maximum absolute atomic E-state index is 13.6. The fourth-order valence-electron chi connectivity index (χ4n) is 1.87. The molecule has 1 amide bonds. The molecule has 0 aromatic heterocycles. The van der Waals surface area contributed by atoms with Gasteiger partial charge in [-0.15, -0.1) is 0 Å². The molecule has 0 unspecified atom stereocenters. The van der Waals surface area contributed by atoms with Crippen molar-refractivity contribution < 1.29 is 14.3 Å². The van der Waals surface area contributed by atoms with Crippen LogP contribution in [0, 0.1) is 18.2 Å². The molecule has 1 aromatic carbocycles. The maximum atomic E-state index is 13.6. The Balaban J connectivity index is 2.60. The monoisotopic (exact) mass is 267 g/mol. The van der Waals surface area contributed by atoms with Gasteiger partial charge in [-0.2, -0.15) is 0 Å². The van der Waals surface area contributed by atoms with Crippen molar-refractivity contribution in [2.75, 3.05) is 13.2 Å². The Morgan fingerprint density at radius 2 is 2.11 bits per heavy atom. The predicted octanol–water partition coefficient (Wildman–Crippen LogP) is 2.66. The molecule has 4 heteroatoms. The lowest BCUT2D eigenvalue weighted by Crippen LogP contribution is -2.34. The zero-order valence-corrected chi connectivity index (χ0v) is 11.8. The van der Waals surface area contributed by atoms with Crippen molar-refractivity contribution in [3.8, 4) is 0 Å². The van der Waals surface area contributed by atoms with Crippen LogP contribution in [-0.2, 0) is 0 Å². The lowest BCUT2D eigenvalue weighted by atomic mass is 9.88. The van der Waals surface area contributed by atoms with Crippen molar-refractivity contribution >= 4 is 5.91 Å². The number of carbonyl (C=O) groups excluding carboxylic acids is 1. The van der Waals surface area contributed by atoms with Gasteiger partial charge in [0.25, 0.3) is 5.91 Å². The Kier molecular flexibility index (Phi) is 5.48. The van der Waals surface area contributed by atoms with E-state index in [9.17, 15) is 9.18 Å². The van der Waals surface area contributed by atoms with Gasteiger partial charge < -0.3 is 10.4 Å². The third kappa shape index (κ3) is 4.99. The number of aliphatic hydroxyl groups is 1. The molecule has 0 atom stereocenters. The lowest BCUT2D eigenvalue weighted by molar-refractivity contribution is 0.0929. The van der Waals surface area contributed by atoms with Crippen LogP contribution in [0.2, 0.25) is 0 Å². The molecule has 0 heterocycles. The van der Waals surface area contributed by atoms with Crippen LogP contribution in [0.5, 0.6) is 0 Å². The van der Waals surface area contributed by atoms with E-state index >= 15 is 0 Å². The van der Waals surface area contributed by atoms with Gasteiger partial charge >= 0.3 is 0 Å². The van der Waals surface area contributed by atoms with Gasteiger partial charge in [-0.3, -0.25) is 4.79 Å². The van der Waals surface area contributed by atoms with E-state index < -0.39 is 11.7 Å². The SMILES string of the molecule is Cc1ccc(C(=O)NCC(C)(C)CCCO)c(F)c1. The Morgan fingerprint density at radius 1 is 1.42 bits per heavy atom. The summed E-state index contributed by atoms with van der Waals surface area (Å²) in [6.45, 7) is 6.40. The van der Waals surface area contributed by atoms with Crippen molar-refractivity contribution in [3.05, 3.63) is 35.1 Å². The fraction of sp³-hybridized carbons (Fsp3) is 0.533. The molecular formula is C15H22FNO2. The number of carbonyl (C=O) groups is 1. The van der Waals surface area contributed by atoms with E-state index in [0.29, 0.717) is 13.0 Å². The van der Waals surface area contributed by atoms with Gasteiger partial charge in [-0.25, -0.2) is 4.39 Å². The molecule has 0 saturated heterocycles. The van der Waals surface area contributed by atoms with E-state index in [1.54, 1.807) is 13.0 Å². The van der Waals surface area contributed by atoms with Crippen LogP contribution < -0.4 is 5.32 Å². The molecule has 0 fully saturated rings. The standard InChI is InChI=1S/C15H22FNO2/c1-11-5-6-12(13(16)9-11)14(19)17-10-15(2,3)7-4-8-18/h5-6,9,18H,4,7-8,10H2,1-3H3,(H,17,19). The summed E-state index contributed by atoms with van der Waals surface area (Å²) in [4.78, 5) is 11.9. The third-order valence-corrected chi connectivity index (χ3v) is 3.11. The van der Waals surface area contributed by atoms with Crippen molar-refractivity contribution in [2.45, 2.75) is 33.6 Å². The summed E-state index contributed by atoms with van der Waals surface area (Å²) < 4.78 is 13.6. The van der Waals surface area contributed by atoms with Crippen LogP contribution in [-0.4, -0.2) is 24.2 Å². The number of benzene rings is 1. The van der Waals surface area contributed by atoms with Gasteiger partial charge in [0.2, 0.25) is 0 Å². The number of halogens is 1. The number of rotatable bonds is 6. The molecule has 0 aliphatic rings. The average molecular weight is 267 g/mol. The minimum absolute atomic E-state index is 0.0727. The van der Waals surface area contributed by atoms with E-state index in [1.165, 1.54) is 12.1 Å². The summed E-state index contributed by atoms with van der Waals surface area (Å²) >= 11 is 0. The minimum Gasteiger partial charge on any atom is -0.396 e.